The minimum absolute atomic E-state index is 0.0378. The summed E-state index contributed by atoms with van der Waals surface area (Å²) in [6.07, 6.45) is 2.01. The van der Waals surface area contributed by atoms with E-state index in [4.69, 9.17) is 4.74 Å². The quantitative estimate of drug-likeness (QED) is 0.845. The monoisotopic (exact) mass is 310 g/mol. The smallest absolute Gasteiger partial charge is 0.254 e. The van der Waals surface area contributed by atoms with Crippen molar-refractivity contribution in [3.63, 3.8) is 0 Å². The topological polar surface area (TPSA) is 84.4 Å². The van der Waals surface area contributed by atoms with E-state index in [9.17, 15) is 14.0 Å². The zero-order chi connectivity index (χ0) is 16.1. The van der Waals surface area contributed by atoms with Crippen molar-refractivity contribution >= 4 is 11.8 Å². The average molecular weight is 310 g/mol. The number of carbonyl (C=O) groups excluding carboxylic acids is 2. The normalized spacial score (nSPS) is 17.4. The molecule has 0 spiro atoms. The maximum atomic E-state index is 14.0. The summed E-state index contributed by atoms with van der Waals surface area (Å²) in [6.45, 7) is 3.98. The van der Waals surface area contributed by atoms with Crippen molar-refractivity contribution in [2.45, 2.75) is 32.8 Å². The fourth-order valence-electron chi connectivity index (χ4n) is 2.24. The first kappa shape index (κ1) is 16.1. The molecule has 1 saturated heterocycles. The summed E-state index contributed by atoms with van der Waals surface area (Å²) in [5.74, 6) is -1.06. The van der Waals surface area contributed by atoms with Crippen LogP contribution in [0.25, 0.3) is 0 Å². The third-order valence-corrected chi connectivity index (χ3v) is 3.43. The molecule has 1 aliphatic heterocycles. The second kappa shape index (κ2) is 7.15. The molecule has 0 radical (unpaired) electrons. The molecule has 0 aliphatic carbocycles. The molecule has 1 aromatic rings. The first-order chi connectivity index (χ1) is 10.5. The van der Waals surface area contributed by atoms with Crippen molar-refractivity contribution in [1.82, 2.24) is 20.2 Å². The van der Waals surface area contributed by atoms with Crippen LogP contribution in [0.3, 0.4) is 0 Å². The molecule has 1 atom stereocenters. The van der Waals surface area contributed by atoms with Gasteiger partial charge in [0.2, 0.25) is 17.6 Å². The van der Waals surface area contributed by atoms with E-state index in [1.165, 1.54) is 13.3 Å². The average Bonchev–Trinajstić information content (AvgIpc) is 2.95. The van der Waals surface area contributed by atoms with Crippen molar-refractivity contribution in [1.29, 1.82) is 0 Å². The molecule has 0 saturated carbocycles. The molecular formula is C14H19FN4O3. The van der Waals surface area contributed by atoms with Crippen LogP contribution in [0.15, 0.2) is 6.33 Å². The van der Waals surface area contributed by atoms with Crippen LogP contribution < -0.4 is 10.1 Å². The standard InChI is InChI=1S/C14H19FN4O3/c1-3-11-13(15)14(18-8-17-11)22-10-4-5-19(7-10)12(21)6-16-9(2)20/h8,10H,3-7H2,1-2H3,(H,16,20). The summed E-state index contributed by atoms with van der Waals surface area (Å²) >= 11 is 0. The Morgan fingerprint density at radius 2 is 2.27 bits per heavy atom. The maximum absolute atomic E-state index is 14.0. The summed E-state index contributed by atoms with van der Waals surface area (Å²) < 4.78 is 19.6. The van der Waals surface area contributed by atoms with Crippen LogP contribution in [-0.4, -0.2) is 52.4 Å². The zero-order valence-corrected chi connectivity index (χ0v) is 12.6. The molecule has 120 valence electrons. The van der Waals surface area contributed by atoms with Crippen molar-refractivity contribution in [2.75, 3.05) is 19.6 Å². The van der Waals surface area contributed by atoms with Gasteiger partial charge >= 0.3 is 0 Å². The Morgan fingerprint density at radius 3 is 2.95 bits per heavy atom. The van der Waals surface area contributed by atoms with Gasteiger partial charge in [-0.15, -0.1) is 0 Å². The summed E-state index contributed by atoms with van der Waals surface area (Å²) in [7, 11) is 0. The SMILES string of the molecule is CCc1ncnc(OC2CCN(C(=O)CNC(C)=O)C2)c1F. The lowest BCUT2D eigenvalue weighted by atomic mass is 10.3. The van der Waals surface area contributed by atoms with Gasteiger partial charge in [-0.05, 0) is 6.42 Å². The van der Waals surface area contributed by atoms with E-state index < -0.39 is 5.82 Å². The molecule has 2 heterocycles. The number of halogens is 1. The molecule has 1 fully saturated rings. The van der Waals surface area contributed by atoms with Gasteiger partial charge < -0.3 is 15.0 Å². The van der Waals surface area contributed by atoms with E-state index in [-0.39, 0.29) is 30.3 Å². The summed E-state index contributed by atoms with van der Waals surface area (Å²) in [5.41, 5.74) is 0.307. The fraction of sp³-hybridized carbons (Fsp3) is 0.571. The van der Waals surface area contributed by atoms with Crippen molar-refractivity contribution in [3.8, 4) is 5.88 Å². The first-order valence-corrected chi connectivity index (χ1v) is 7.19. The lowest BCUT2D eigenvalue weighted by molar-refractivity contribution is -0.131. The van der Waals surface area contributed by atoms with E-state index in [1.54, 1.807) is 11.8 Å². The number of hydrogen-bond acceptors (Lipinski definition) is 5. The number of hydrogen-bond donors (Lipinski definition) is 1. The minimum Gasteiger partial charge on any atom is -0.470 e. The number of rotatable bonds is 5. The molecule has 1 N–H and O–H groups in total. The number of nitrogens with one attached hydrogen (secondary N) is 1. The van der Waals surface area contributed by atoms with E-state index in [1.807, 2.05) is 0 Å². The van der Waals surface area contributed by atoms with Crippen LogP contribution >= 0.6 is 0 Å². The van der Waals surface area contributed by atoms with Gasteiger partial charge in [0.1, 0.15) is 12.4 Å². The summed E-state index contributed by atoms with van der Waals surface area (Å²) in [6, 6.07) is 0. The minimum atomic E-state index is -0.548. The highest BCUT2D eigenvalue weighted by Crippen LogP contribution is 2.20. The Morgan fingerprint density at radius 1 is 1.50 bits per heavy atom. The van der Waals surface area contributed by atoms with Gasteiger partial charge in [0.05, 0.1) is 18.8 Å². The van der Waals surface area contributed by atoms with E-state index in [0.29, 0.717) is 31.6 Å². The first-order valence-electron chi connectivity index (χ1n) is 7.19. The van der Waals surface area contributed by atoms with E-state index >= 15 is 0 Å². The van der Waals surface area contributed by atoms with Crippen LogP contribution in [0.5, 0.6) is 5.88 Å². The molecule has 2 amide bonds. The molecule has 1 unspecified atom stereocenters. The van der Waals surface area contributed by atoms with Crippen LogP contribution in [0.1, 0.15) is 26.0 Å². The molecule has 7 nitrogen and oxygen atoms in total. The summed E-state index contributed by atoms with van der Waals surface area (Å²) in [5, 5.41) is 2.46. The van der Waals surface area contributed by atoms with Crippen molar-refractivity contribution in [2.24, 2.45) is 0 Å². The van der Waals surface area contributed by atoms with Gasteiger partial charge in [0.25, 0.3) is 5.88 Å². The van der Waals surface area contributed by atoms with Crippen molar-refractivity contribution < 1.29 is 18.7 Å². The Labute approximate surface area is 127 Å². The second-order valence-electron chi connectivity index (χ2n) is 5.07. The predicted molar refractivity (Wildman–Crippen MR) is 75.7 cm³/mol. The Kier molecular flexibility index (Phi) is 5.24. The lowest BCUT2D eigenvalue weighted by Gasteiger charge is -2.17. The Balaban J connectivity index is 1.91. The largest absolute Gasteiger partial charge is 0.470 e. The predicted octanol–water partition coefficient (Wildman–Crippen LogP) is 0.294. The lowest BCUT2D eigenvalue weighted by Crippen LogP contribution is -2.39. The third kappa shape index (κ3) is 3.90. The molecule has 2 rings (SSSR count). The van der Waals surface area contributed by atoms with Gasteiger partial charge in [-0.25, -0.2) is 4.98 Å². The second-order valence-corrected chi connectivity index (χ2v) is 5.07. The Hall–Kier alpha value is -2.25. The molecule has 8 heteroatoms. The van der Waals surface area contributed by atoms with Gasteiger partial charge in [-0.2, -0.15) is 9.37 Å². The maximum Gasteiger partial charge on any atom is 0.254 e. The molecular weight excluding hydrogens is 291 g/mol. The highest BCUT2D eigenvalue weighted by Gasteiger charge is 2.28. The zero-order valence-electron chi connectivity index (χ0n) is 12.6. The van der Waals surface area contributed by atoms with Gasteiger partial charge in [0, 0.05) is 19.9 Å². The van der Waals surface area contributed by atoms with Gasteiger partial charge in [-0.1, -0.05) is 6.92 Å². The molecule has 1 aromatic heterocycles. The van der Waals surface area contributed by atoms with Crippen LogP contribution in [0.2, 0.25) is 0 Å². The Bertz CT molecular complexity index is 567. The van der Waals surface area contributed by atoms with E-state index in [0.717, 1.165) is 0 Å². The number of aromatic nitrogens is 2. The number of amides is 2. The van der Waals surface area contributed by atoms with Crippen LogP contribution in [0, 0.1) is 5.82 Å². The molecule has 0 bridgehead atoms. The number of ether oxygens (including phenoxy) is 1. The third-order valence-electron chi connectivity index (χ3n) is 3.43. The highest BCUT2D eigenvalue weighted by atomic mass is 19.1. The van der Waals surface area contributed by atoms with Crippen molar-refractivity contribution in [3.05, 3.63) is 17.8 Å². The summed E-state index contributed by atoms with van der Waals surface area (Å²) in [4.78, 5) is 31.9. The van der Waals surface area contributed by atoms with Crippen LogP contribution in [0.4, 0.5) is 4.39 Å². The molecule has 0 aromatic carbocycles. The number of likely N-dealkylation sites (tertiary alicyclic amines) is 1. The number of carbonyl (C=O) groups is 2. The van der Waals surface area contributed by atoms with E-state index in [2.05, 4.69) is 15.3 Å². The van der Waals surface area contributed by atoms with Gasteiger partial charge in [0.15, 0.2) is 0 Å². The number of nitrogens with zero attached hydrogens (tertiary/aromatic N) is 3. The number of aryl methyl sites for hydroxylation is 1. The van der Waals surface area contributed by atoms with Gasteiger partial charge in [-0.3, -0.25) is 9.59 Å². The highest BCUT2D eigenvalue weighted by molar-refractivity contribution is 5.83. The molecule has 22 heavy (non-hydrogen) atoms. The molecule has 1 aliphatic rings. The fourth-order valence-corrected chi connectivity index (χ4v) is 2.24. The van der Waals surface area contributed by atoms with Crippen LogP contribution in [-0.2, 0) is 16.0 Å².